The number of rotatable bonds is 2. The second-order valence-corrected chi connectivity index (χ2v) is 2.32. The highest BCUT2D eigenvalue weighted by molar-refractivity contribution is 4.64. The molecule has 1 rings (SSSR count). The summed E-state index contributed by atoms with van der Waals surface area (Å²) in [4.78, 5) is 2.18. The first-order valence-corrected chi connectivity index (χ1v) is 4.00. The molecule has 1 saturated heterocycles. The second-order valence-electron chi connectivity index (χ2n) is 2.32. The predicted octanol–water partition coefficient (Wildman–Crippen LogP) is -1.16. The fourth-order valence-electron chi connectivity index (χ4n) is 0.886. The van der Waals surface area contributed by atoms with Gasteiger partial charge in [0, 0.05) is 32.9 Å². The van der Waals surface area contributed by atoms with Crippen LogP contribution in [0.15, 0.2) is 0 Å². The van der Waals surface area contributed by atoms with Gasteiger partial charge in [-0.3, -0.25) is 4.90 Å². The normalized spacial score (nSPS) is 17.7. The third kappa shape index (κ3) is 6.25. The Kier molecular flexibility index (Phi) is 7.83. The molecule has 68 valence electrons. The van der Waals surface area contributed by atoms with Gasteiger partial charge >= 0.3 is 0 Å². The van der Waals surface area contributed by atoms with Crippen LogP contribution in [0.25, 0.3) is 0 Å². The van der Waals surface area contributed by atoms with Gasteiger partial charge < -0.3 is 15.5 Å². The van der Waals surface area contributed by atoms with E-state index < -0.39 is 0 Å². The zero-order valence-electron chi connectivity index (χ0n) is 7.08. The summed E-state index contributed by atoms with van der Waals surface area (Å²) in [5, 5.41) is 19.2. The third-order valence-electron chi connectivity index (χ3n) is 1.36. The van der Waals surface area contributed by atoms with Crippen LogP contribution in [0.5, 0.6) is 0 Å². The van der Waals surface area contributed by atoms with Crippen molar-refractivity contribution in [3.63, 3.8) is 0 Å². The molecule has 1 fully saturated rings. The van der Waals surface area contributed by atoms with Crippen molar-refractivity contribution in [1.82, 2.24) is 10.2 Å². The molecule has 4 nitrogen and oxygen atoms in total. The minimum Gasteiger partial charge on any atom is -0.397 e. The minimum atomic E-state index is 0.250. The van der Waals surface area contributed by atoms with Crippen molar-refractivity contribution in [1.29, 1.82) is 0 Å². The van der Waals surface area contributed by atoms with E-state index in [2.05, 4.69) is 10.2 Å². The van der Waals surface area contributed by atoms with Crippen LogP contribution in [0.4, 0.5) is 0 Å². The lowest BCUT2D eigenvalue weighted by molar-refractivity contribution is 0.220. The second kappa shape index (κ2) is 7.94. The Morgan fingerprint density at radius 2 is 2.09 bits per heavy atom. The number of aliphatic hydroxyl groups is 2. The van der Waals surface area contributed by atoms with Crippen molar-refractivity contribution >= 4 is 0 Å². The molecule has 0 bridgehead atoms. The van der Waals surface area contributed by atoms with Gasteiger partial charge in [0.25, 0.3) is 0 Å². The highest BCUT2D eigenvalue weighted by Gasteiger charge is 2.07. The molecule has 11 heavy (non-hydrogen) atoms. The van der Waals surface area contributed by atoms with E-state index >= 15 is 0 Å². The van der Waals surface area contributed by atoms with Crippen molar-refractivity contribution in [2.75, 3.05) is 39.5 Å². The number of hydrogen-bond donors (Lipinski definition) is 3. The summed E-state index contributed by atoms with van der Waals surface area (Å²) in [6, 6.07) is 0. The van der Waals surface area contributed by atoms with Gasteiger partial charge in [-0.2, -0.15) is 0 Å². The lowest BCUT2D eigenvalue weighted by atomic mass is 10.5. The van der Waals surface area contributed by atoms with Gasteiger partial charge in [0.1, 0.15) is 0 Å². The molecule has 0 aromatic rings. The van der Waals surface area contributed by atoms with E-state index in [4.69, 9.17) is 10.2 Å². The van der Waals surface area contributed by atoms with Crippen LogP contribution >= 0.6 is 0 Å². The number of nitrogens with one attached hydrogen (secondary N) is 1. The first-order chi connectivity index (χ1) is 5.35. The van der Waals surface area contributed by atoms with E-state index in [0.717, 1.165) is 26.3 Å². The summed E-state index contributed by atoms with van der Waals surface area (Å²) in [6.07, 6.45) is 0. The Morgan fingerprint density at radius 3 is 2.45 bits per heavy atom. The molecule has 0 atom stereocenters. The highest BCUT2D eigenvalue weighted by atomic mass is 16.3. The lowest BCUT2D eigenvalue weighted by Crippen LogP contribution is -2.25. The molecule has 0 spiro atoms. The molecular formula is C7H18N2O2. The monoisotopic (exact) mass is 162 g/mol. The Balaban J connectivity index is 0.000000292. The number of nitrogens with zero attached hydrogens (tertiary/aromatic N) is 1. The first-order valence-electron chi connectivity index (χ1n) is 4.00. The molecule has 0 saturated carbocycles. The van der Waals surface area contributed by atoms with Crippen molar-refractivity contribution in [3.05, 3.63) is 0 Å². The molecule has 0 radical (unpaired) electrons. The fraction of sp³-hybridized carbons (Fsp3) is 1.00. The quantitative estimate of drug-likeness (QED) is 0.479. The molecule has 1 heterocycles. The van der Waals surface area contributed by atoms with Crippen LogP contribution in [-0.4, -0.2) is 54.6 Å². The smallest absolute Gasteiger partial charge is 0.0558 e. The van der Waals surface area contributed by atoms with Crippen LogP contribution in [-0.2, 0) is 0 Å². The van der Waals surface area contributed by atoms with E-state index in [0.29, 0.717) is 0 Å². The maximum atomic E-state index is 8.46. The van der Waals surface area contributed by atoms with Gasteiger partial charge in [0.2, 0.25) is 0 Å². The standard InChI is InChI=1S/C5H12N2O.C2H6O/c8-4-3-7-2-1-6-5-7;1-2-3/h6,8H,1-5H2;3H,2H2,1H3. The van der Waals surface area contributed by atoms with Gasteiger partial charge in [-0.05, 0) is 6.92 Å². The van der Waals surface area contributed by atoms with Crippen LogP contribution in [0, 0.1) is 0 Å². The molecule has 1 aliphatic rings. The highest BCUT2D eigenvalue weighted by Crippen LogP contribution is 1.88. The third-order valence-corrected chi connectivity index (χ3v) is 1.36. The van der Waals surface area contributed by atoms with E-state index in [1.807, 2.05) is 0 Å². The van der Waals surface area contributed by atoms with Crippen molar-refractivity contribution in [2.24, 2.45) is 0 Å². The zero-order chi connectivity index (χ0) is 8.53. The van der Waals surface area contributed by atoms with Crippen LogP contribution in [0.2, 0.25) is 0 Å². The summed E-state index contributed by atoms with van der Waals surface area (Å²) >= 11 is 0. The summed E-state index contributed by atoms with van der Waals surface area (Å²) in [6.45, 7) is 6.12. The van der Waals surface area contributed by atoms with Gasteiger partial charge in [-0.15, -0.1) is 0 Å². The first kappa shape index (κ1) is 10.8. The molecular weight excluding hydrogens is 144 g/mol. The maximum absolute atomic E-state index is 8.46. The van der Waals surface area contributed by atoms with Crippen molar-refractivity contribution in [2.45, 2.75) is 6.92 Å². The van der Waals surface area contributed by atoms with Crippen LogP contribution in [0.3, 0.4) is 0 Å². The Bertz CT molecular complexity index is 74.8. The van der Waals surface area contributed by atoms with Gasteiger partial charge in [-0.25, -0.2) is 0 Å². The molecule has 0 aromatic carbocycles. The molecule has 0 amide bonds. The average molecular weight is 162 g/mol. The molecule has 3 N–H and O–H groups in total. The largest absolute Gasteiger partial charge is 0.397 e. The summed E-state index contributed by atoms with van der Waals surface area (Å²) in [7, 11) is 0. The number of hydrogen-bond acceptors (Lipinski definition) is 4. The van der Waals surface area contributed by atoms with E-state index in [1.165, 1.54) is 0 Å². The van der Waals surface area contributed by atoms with Crippen molar-refractivity contribution in [3.8, 4) is 0 Å². The molecule has 0 aromatic heterocycles. The lowest BCUT2D eigenvalue weighted by Gasteiger charge is -2.09. The average Bonchev–Trinajstić information content (AvgIpc) is 2.42. The SMILES string of the molecule is CCO.OCCN1CCNC1. The summed E-state index contributed by atoms with van der Waals surface area (Å²) in [5.41, 5.74) is 0. The zero-order valence-corrected chi connectivity index (χ0v) is 7.08. The number of β-amino-alcohol motifs (C(OH)–C–C–N with tert-alkyl or cyclic N) is 1. The molecule has 0 unspecified atom stereocenters. The molecule has 1 aliphatic heterocycles. The molecule has 0 aliphatic carbocycles. The summed E-state index contributed by atoms with van der Waals surface area (Å²) < 4.78 is 0. The van der Waals surface area contributed by atoms with E-state index in [1.54, 1.807) is 6.92 Å². The predicted molar refractivity (Wildman–Crippen MR) is 44.3 cm³/mol. The van der Waals surface area contributed by atoms with Crippen LogP contribution in [0.1, 0.15) is 6.92 Å². The maximum Gasteiger partial charge on any atom is 0.0558 e. The topological polar surface area (TPSA) is 55.7 Å². The van der Waals surface area contributed by atoms with E-state index in [9.17, 15) is 0 Å². The van der Waals surface area contributed by atoms with Crippen molar-refractivity contribution < 1.29 is 10.2 Å². The fourth-order valence-corrected chi connectivity index (χ4v) is 0.886. The van der Waals surface area contributed by atoms with Gasteiger partial charge in [0.15, 0.2) is 0 Å². The van der Waals surface area contributed by atoms with Crippen LogP contribution < -0.4 is 5.32 Å². The molecule has 4 heteroatoms. The van der Waals surface area contributed by atoms with E-state index in [-0.39, 0.29) is 13.2 Å². The minimum absolute atomic E-state index is 0.250. The van der Waals surface area contributed by atoms with Gasteiger partial charge in [-0.1, -0.05) is 0 Å². The Morgan fingerprint density at radius 1 is 1.45 bits per heavy atom. The Labute approximate surface area is 67.8 Å². The Hall–Kier alpha value is -0.160. The van der Waals surface area contributed by atoms with Gasteiger partial charge in [0.05, 0.1) is 6.61 Å². The summed E-state index contributed by atoms with van der Waals surface area (Å²) in [5.74, 6) is 0. The number of aliphatic hydroxyl groups excluding tert-OH is 2.